The summed E-state index contributed by atoms with van der Waals surface area (Å²) in [4.78, 5) is 11.6. The third kappa shape index (κ3) is 2.08. The van der Waals surface area contributed by atoms with E-state index in [4.69, 9.17) is 4.98 Å². The standard InChI is InChI=1S/C13H20N4/c1-14-11-8-12(17(2)10-4-3-5-10)16-13(15-11)9-6-7-9/h8-10H,3-7H2,1-2H3,(H,14,15,16). The van der Waals surface area contributed by atoms with Gasteiger partial charge < -0.3 is 10.2 Å². The molecule has 3 rings (SSSR count). The Labute approximate surface area is 102 Å². The molecule has 0 aromatic carbocycles. The van der Waals surface area contributed by atoms with Crippen LogP contribution in [0, 0.1) is 0 Å². The second-order valence-corrected chi connectivity index (χ2v) is 5.19. The Morgan fingerprint density at radius 1 is 1.24 bits per heavy atom. The van der Waals surface area contributed by atoms with Gasteiger partial charge in [0.05, 0.1) is 0 Å². The Kier molecular flexibility index (Phi) is 2.65. The topological polar surface area (TPSA) is 41.0 Å². The van der Waals surface area contributed by atoms with Crippen molar-refractivity contribution in [3.8, 4) is 0 Å². The van der Waals surface area contributed by atoms with E-state index >= 15 is 0 Å². The van der Waals surface area contributed by atoms with Crippen LogP contribution in [0.5, 0.6) is 0 Å². The molecule has 0 bridgehead atoms. The molecule has 0 aliphatic heterocycles. The Bertz CT molecular complexity index is 410. The minimum Gasteiger partial charge on any atom is -0.373 e. The van der Waals surface area contributed by atoms with Crippen molar-refractivity contribution in [3.63, 3.8) is 0 Å². The van der Waals surface area contributed by atoms with E-state index in [0.29, 0.717) is 12.0 Å². The zero-order valence-electron chi connectivity index (χ0n) is 10.6. The SMILES string of the molecule is CNc1cc(N(C)C2CCC2)nc(C2CC2)n1. The quantitative estimate of drug-likeness (QED) is 0.865. The molecule has 92 valence electrons. The van der Waals surface area contributed by atoms with Crippen LogP contribution in [-0.2, 0) is 0 Å². The summed E-state index contributed by atoms with van der Waals surface area (Å²) in [7, 11) is 4.08. The molecule has 0 radical (unpaired) electrons. The van der Waals surface area contributed by atoms with Gasteiger partial charge >= 0.3 is 0 Å². The first kappa shape index (κ1) is 10.8. The summed E-state index contributed by atoms with van der Waals surface area (Å²) >= 11 is 0. The van der Waals surface area contributed by atoms with Crippen molar-refractivity contribution in [2.75, 3.05) is 24.3 Å². The maximum atomic E-state index is 4.72. The summed E-state index contributed by atoms with van der Waals surface area (Å²) < 4.78 is 0. The molecule has 0 saturated heterocycles. The van der Waals surface area contributed by atoms with Gasteiger partial charge in [-0.1, -0.05) is 0 Å². The van der Waals surface area contributed by atoms with Crippen LogP contribution < -0.4 is 10.2 Å². The van der Waals surface area contributed by atoms with E-state index in [1.807, 2.05) is 7.05 Å². The van der Waals surface area contributed by atoms with Gasteiger partial charge in [-0.05, 0) is 32.1 Å². The van der Waals surface area contributed by atoms with Crippen LogP contribution in [0.1, 0.15) is 43.8 Å². The first-order valence-electron chi connectivity index (χ1n) is 6.57. The molecule has 0 unspecified atom stereocenters. The van der Waals surface area contributed by atoms with Crippen molar-refractivity contribution in [3.05, 3.63) is 11.9 Å². The lowest BCUT2D eigenvalue weighted by Gasteiger charge is -2.35. The largest absolute Gasteiger partial charge is 0.373 e. The Hall–Kier alpha value is -1.32. The second-order valence-electron chi connectivity index (χ2n) is 5.19. The average Bonchev–Trinajstić information content (AvgIpc) is 3.09. The summed E-state index contributed by atoms with van der Waals surface area (Å²) in [5, 5.41) is 3.14. The third-order valence-electron chi connectivity index (χ3n) is 3.91. The Balaban J connectivity index is 1.88. The highest BCUT2D eigenvalue weighted by Crippen LogP contribution is 2.39. The van der Waals surface area contributed by atoms with Crippen molar-refractivity contribution in [1.29, 1.82) is 0 Å². The van der Waals surface area contributed by atoms with Crippen molar-refractivity contribution >= 4 is 11.6 Å². The van der Waals surface area contributed by atoms with Crippen LogP contribution in [0.3, 0.4) is 0 Å². The number of nitrogens with one attached hydrogen (secondary N) is 1. The summed E-state index contributed by atoms with van der Waals surface area (Å²) in [6.07, 6.45) is 6.45. The van der Waals surface area contributed by atoms with Crippen molar-refractivity contribution in [2.24, 2.45) is 0 Å². The number of anilines is 2. The van der Waals surface area contributed by atoms with E-state index < -0.39 is 0 Å². The van der Waals surface area contributed by atoms with Gasteiger partial charge in [-0.3, -0.25) is 0 Å². The monoisotopic (exact) mass is 232 g/mol. The molecule has 1 aromatic heterocycles. The molecule has 2 aliphatic carbocycles. The van der Waals surface area contributed by atoms with Gasteiger partial charge in [0.15, 0.2) is 0 Å². The van der Waals surface area contributed by atoms with E-state index in [-0.39, 0.29) is 0 Å². The maximum Gasteiger partial charge on any atom is 0.136 e. The first-order valence-corrected chi connectivity index (χ1v) is 6.57. The molecule has 2 fully saturated rings. The van der Waals surface area contributed by atoms with Gasteiger partial charge in [0.2, 0.25) is 0 Å². The van der Waals surface area contributed by atoms with Gasteiger partial charge in [0, 0.05) is 32.1 Å². The number of hydrogen-bond donors (Lipinski definition) is 1. The molecule has 4 nitrogen and oxygen atoms in total. The molecule has 2 saturated carbocycles. The van der Waals surface area contributed by atoms with E-state index in [1.165, 1.54) is 32.1 Å². The Morgan fingerprint density at radius 3 is 2.53 bits per heavy atom. The van der Waals surface area contributed by atoms with Crippen LogP contribution >= 0.6 is 0 Å². The second kappa shape index (κ2) is 4.17. The van der Waals surface area contributed by atoms with Crippen LogP contribution in [0.4, 0.5) is 11.6 Å². The number of rotatable bonds is 4. The van der Waals surface area contributed by atoms with Gasteiger partial charge in [0.25, 0.3) is 0 Å². The first-order chi connectivity index (χ1) is 8.28. The molecule has 1 heterocycles. The summed E-state index contributed by atoms with van der Waals surface area (Å²) in [6.45, 7) is 0. The fourth-order valence-electron chi connectivity index (χ4n) is 2.25. The van der Waals surface area contributed by atoms with E-state index in [2.05, 4.69) is 28.3 Å². The fraction of sp³-hybridized carbons (Fsp3) is 0.692. The third-order valence-corrected chi connectivity index (χ3v) is 3.91. The summed E-state index contributed by atoms with van der Waals surface area (Å²) in [5.41, 5.74) is 0. The highest BCUT2D eigenvalue weighted by atomic mass is 15.2. The number of nitrogens with zero attached hydrogens (tertiary/aromatic N) is 3. The number of aromatic nitrogens is 2. The fourth-order valence-corrected chi connectivity index (χ4v) is 2.25. The summed E-state index contributed by atoms with van der Waals surface area (Å²) in [5.74, 6) is 3.66. The van der Waals surface area contributed by atoms with Gasteiger partial charge in [-0.25, -0.2) is 9.97 Å². The molecule has 17 heavy (non-hydrogen) atoms. The normalized spacial score (nSPS) is 19.9. The molecule has 1 N–H and O–H groups in total. The van der Waals surface area contributed by atoms with Crippen molar-refractivity contribution in [1.82, 2.24) is 9.97 Å². The predicted octanol–water partition coefficient (Wildman–Crippen LogP) is 2.38. The van der Waals surface area contributed by atoms with Crippen LogP contribution in [-0.4, -0.2) is 30.1 Å². The van der Waals surface area contributed by atoms with Crippen LogP contribution in [0.15, 0.2) is 6.07 Å². The zero-order chi connectivity index (χ0) is 11.8. The number of hydrogen-bond acceptors (Lipinski definition) is 4. The highest BCUT2D eigenvalue weighted by Gasteiger charge is 2.29. The lowest BCUT2D eigenvalue weighted by Crippen LogP contribution is -2.37. The Morgan fingerprint density at radius 2 is 2.00 bits per heavy atom. The summed E-state index contributed by atoms with van der Waals surface area (Å²) in [6, 6.07) is 2.74. The lowest BCUT2D eigenvalue weighted by atomic mass is 9.92. The van der Waals surface area contributed by atoms with E-state index in [9.17, 15) is 0 Å². The van der Waals surface area contributed by atoms with Crippen LogP contribution in [0.2, 0.25) is 0 Å². The smallest absolute Gasteiger partial charge is 0.136 e. The minimum absolute atomic E-state index is 0.608. The van der Waals surface area contributed by atoms with Gasteiger partial charge in [-0.15, -0.1) is 0 Å². The maximum absolute atomic E-state index is 4.72. The van der Waals surface area contributed by atoms with Crippen molar-refractivity contribution in [2.45, 2.75) is 44.1 Å². The molecule has 4 heteroatoms. The highest BCUT2D eigenvalue weighted by molar-refractivity contribution is 5.50. The van der Waals surface area contributed by atoms with Crippen LogP contribution in [0.25, 0.3) is 0 Å². The van der Waals surface area contributed by atoms with Gasteiger partial charge in [0.1, 0.15) is 17.5 Å². The predicted molar refractivity (Wildman–Crippen MR) is 69.6 cm³/mol. The minimum atomic E-state index is 0.608. The lowest BCUT2D eigenvalue weighted by molar-refractivity contribution is 0.399. The van der Waals surface area contributed by atoms with E-state index in [0.717, 1.165) is 17.5 Å². The average molecular weight is 232 g/mol. The van der Waals surface area contributed by atoms with Gasteiger partial charge in [-0.2, -0.15) is 0 Å². The molecule has 0 atom stereocenters. The molecule has 0 spiro atoms. The molecular weight excluding hydrogens is 212 g/mol. The molecule has 0 amide bonds. The molecule has 2 aliphatic rings. The van der Waals surface area contributed by atoms with E-state index in [1.54, 1.807) is 0 Å². The molecule has 1 aromatic rings. The molecular formula is C13H20N4. The van der Waals surface area contributed by atoms with Crippen molar-refractivity contribution < 1.29 is 0 Å². The zero-order valence-corrected chi connectivity index (χ0v) is 10.6.